The summed E-state index contributed by atoms with van der Waals surface area (Å²) in [5.41, 5.74) is 3.69. The van der Waals surface area contributed by atoms with Crippen LogP contribution in [-0.4, -0.2) is 29.1 Å². The van der Waals surface area contributed by atoms with Crippen molar-refractivity contribution in [2.75, 3.05) is 12.5 Å². The Morgan fingerprint density at radius 1 is 0.938 bits per heavy atom. The van der Waals surface area contributed by atoms with Crippen LogP contribution in [0.25, 0.3) is 0 Å². The van der Waals surface area contributed by atoms with Gasteiger partial charge in [-0.2, -0.15) is 5.10 Å². The summed E-state index contributed by atoms with van der Waals surface area (Å²) >= 11 is 0. The van der Waals surface area contributed by atoms with Gasteiger partial charge in [0.2, 0.25) is 0 Å². The van der Waals surface area contributed by atoms with E-state index >= 15 is 0 Å². The molecule has 0 atom stereocenters. The Balaban J connectivity index is 1.69. The zero-order chi connectivity index (χ0) is 23.1. The van der Waals surface area contributed by atoms with Crippen LogP contribution in [0.5, 0.6) is 11.5 Å². The first-order valence-corrected chi connectivity index (χ1v) is 9.05. The van der Waals surface area contributed by atoms with Crippen LogP contribution >= 0.6 is 0 Å². The molecule has 0 aliphatic heterocycles. The molecule has 32 heavy (non-hydrogen) atoms. The maximum Gasteiger partial charge on any atom is 0.343 e. The lowest BCUT2D eigenvalue weighted by molar-refractivity contribution is -0.385. The summed E-state index contributed by atoms with van der Waals surface area (Å²) in [6.45, 7) is 0. The standard InChI is InChI=1S/C21H16N4O7/c1-31-20-11-14(13-22-23-16-6-8-17(9-7-16)24(27)28)5-10-19(20)32-21(26)15-3-2-4-18(12-15)25(29)30/h2-13,23H,1H3/b22-13+. The van der Waals surface area contributed by atoms with Gasteiger partial charge in [0.25, 0.3) is 11.4 Å². The van der Waals surface area contributed by atoms with Crippen LogP contribution in [0.3, 0.4) is 0 Å². The van der Waals surface area contributed by atoms with Gasteiger partial charge in [0.05, 0.1) is 34.4 Å². The molecule has 0 unspecified atom stereocenters. The second-order valence-electron chi connectivity index (χ2n) is 6.28. The monoisotopic (exact) mass is 436 g/mol. The maximum absolute atomic E-state index is 12.4. The molecule has 0 spiro atoms. The van der Waals surface area contributed by atoms with Crippen molar-refractivity contribution in [1.29, 1.82) is 0 Å². The van der Waals surface area contributed by atoms with Gasteiger partial charge >= 0.3 is 5.97 Å². The lowest BCUT2D eigenvalue weighted by Crippen LogP contribution is -2.09. The molecule has 0 saturated carbocycles. The number of nitrogens with zero attached hydrogens (tertiary/aromatic N) is 3. The van der Waals surface area contributed by atoms with Crippen LogP contribution in [0.1, 0.15) is 15.9 Å². The number of hydrogen-bond acceptors (Lipinski definition) is 9. The molecule has 0 amide bonds. The lowest BCUT2D eigenvalue weighted by Gasteiger charge is -2.10. The van der Waals surface area contributed by atoms with Gasteiger partial charge in [-0.15, -0.1) is 0 Å². The van der Waals surface area contributed by atoms with Crippen molar-refractivity contribution in [3.8, 4) is 11.5 Å². The molecular weight excluding hydrogens is 420 g/mol. The first kappa shape index (κ1) is 21.9. The van der Waals surface area contributed by atoms with Crippen molar-refractivity contribution < 1.29 is 24.1 Å². The van der Waals surface area contributed by atoms with E-state index in [1.807, 2.05) is 0 Å². The number of carbonyl (C=O) groups excluding carboxylic acids is 1. The van der Waals surface area contributed by atoms with E-state index in [1.165, 1.54) is 61.9 Å². The average Bonchev–Trinajstić information content (AvgIpc) is 2.80. The van der Waals surface area contributed by atoms with Gasteiger partial charge in [0.1, 0.15) is 0 Å². The Bertz CT molecular complexity index is 1190. The molecule has 0 radical (unpaired) electrons. The minimum atomic E-state index is -0.770. The predicted octanol–water partition coefficient (Wildman–Crippen LogP) is 4.18. The third kappa shape index (κ3) is 5.42. The number of nitrogens with one attached hydrogen (secondary N) is 1. The Hall–Kier alpha value is -4.80. The summed E-state index contributed by atoms with van der Waals surface area (Å²) < 4.78 is 10.6. The summed E-state index contributed by atoms with van der Waals surface area (Å²) in [6, 6.07) is 15.7. The second kappa shape index (κ2) is 9.80. The van der Waals surface area contributed by atoms with Crippen LogP contribution in [0, 0.1) is 20.2 Å². The molecule has 0 heterocycles. The largest absolute Gasteiger partial charge is 0.493 e. The van der Waals surface area contributed by atoms with E-state index in [2.05, 4.69) is 10.5 Å². The molecule has 0 aromatic heterocycles. The van der Waals surface area contributed by atoms with Crippen LogP contribution in [0.15, 0.2) is 71.8 Å². The van der Waals surface area contributed by atoms with Gasteiger partial charge in [-0.25, -0.2) is 4.79 Å². The Morgan fingerprint density at radius 2 is 1.66 bits per heavy atom. The van der Waals surface area contributed by atoms with Gasteiger partial charge in [-0.1, -0.05) is 6.07 Å². The van der Waals surface area contributed by atoms with E-state index in [1.54, 1.807) is 12.1 Å². The number of esters is 1. The first-order chi connectivity index (χ1) is 15.4. The minimum absolute atomic E-state index is 0.0270. The van der Waals surface area contributed by atoms with E-state index in [-0.39, 0.29) is 28.4 Å². The molecule has 11 heteroatoms. The lowest BCUT2D eigenvalue weighted by atomic mass is 10.2. The zero-order valence-corrected chi connectivity index (χ0v) is 16.6. The van der Waals surface area contributed by atoms with E-state index in [0.717, 1.165) is 6.07 Å². The van der Waals surface area contributed by atoms with Crippen molar-refractivity contribution >= 4 is 29.2 Å². The summed E-state index contributed by atoms with van der Waals surface area (Å²) in [5, 5.41) is 25.6. The number of ether oxygens (including phenoxy) is 2. The maximum atomic E-state index is 12.4. The number of non-ortho nitro benzene ring substituents is 2. The zero-order valence-electron chi connectivity index (χ0n) is 16.6. The number of hydrogen-bond donors (Lipinski definition) is 1. The normalized spacial score (nSPS) is 10.5. The summed E-state index contributed by atoms with van der Waals surface area (Å²) in [6.07, 6.45) is 1.48. The molecule has 0 saturated heterocycles. The molecule has 11 nitrogen and oxygen atoms in total. The number of methoxy groups -OCH3 is 1. The van der Waals surface area contributed by atoms with Crippen LogP contribution in [-0.2, 0) is 0 Å². The van der Waals surface area contributed by atoms with Crippen LogP contribution < -0.4 is 14.9 Å². The molecule has 3 aromatic rings. The van der Waals surface area contributed by atoms with Crippen molar-refractivity contribution in [3.63, 3.8) is 0 Å². The molecular formula is C21H16N4O7. The van der Waals surface area contributed by atoms with Gasteiger partial charge in [-0.05, 0) is 42.0 Å². The Kier molecular flexibility index (Phi) is 6.71. The number of rotatable bonds is 8. The van der Waals surface area contributed by atoms with E-state index in [4.69, 9.17) is 9.47 Å². The SMILES string of the molecule is COc1cc(/C=N/Nc2ccc([N+](=O)[O-])cc2)ccc1OC(=O)c1cccc([N+](=O)[O-])c1. The third-order valence-electron chi connectivity index (χ3n) is 4.17. The highest BCUT2D eigenvalue weighted by Crippen LogP contribution is 2.29. The number of anilines is 1. The summed E-state index contributed by atoms with van der Waals surface area (Å²) in [4.78, 5) is 32.8. The molecule has 0 aliphatic carbocycles. The highest BCUT2D eigenvalue weighted by molar-refractivity contribution is 5.92. The van der Waals surface area contributed by atoms with E-state index in [0.29, 0.717) is 11.3 Å². The van der Waals surface area contributed by atoms with E-state index < -0.39 is 15.8 Å². The van der Waals surface area contributed by atoms with Crippen LogP contribution in [0.2, 0.25) is 0 Å². The molecule has 162 valence electrons. The average molecular weight is 436 g/mol. The molecule has 0 fully saturated rings. The number of nitro benzene ring substituents is 2. The minimum Gasteiger partial charge on any atom is -0.493 e. The van der Waals surface area contributed by atoms with Crippen molar-refractivity contribution in [3.05, 3.63) is 98.1 Å². The van der Waals surface area contributed by atoms with Crippen molar-refractivity contribution in [2.45, 2.75) is 0 Å². The van der Waals surface area contributed by atoms with Crippen molar-refractivity contribution in [2.24, 2.45) is 5.10 Å². The van der Waals surface area contributed by atoms with Gasteiger partial charge < -0.3 is 9.47 Å². The molecule has 1 N–H and O–H groups in total. The first-order valence-electron chi connectivity index (χ1n) is 9.05. The van der Waals surface area contributed by atoms with Gasteiger partial charge in [-0.3, -0.25) is 25.7 Å². The summed E-state index contributed by atoms with van der Waals surface area (Å²) in [7, 11) is 1.40. The fraction of sp³-hybridized carbons (Fsp3) is 0.0476. The number of hydrazone groups is 1. The number of nitro groups is 2. The number of benzene rings is 3. The topological polar surface area (TPSA) is 146 Å². The Labute approximate surface area is 181 Å². The molecule has 0 aliphatic rings. The smallest absolute Gasteiger partial charge is 0.343 e. The Morgan fingerprint density at radius 3 is 2.31 bits per heavy atom. The third-order valence-corrected chi connectivity index (χ3v) is 4.17. The second-order valence-corrected chi connectivity index (χ2v) is 6.28. The summed E-state index contributed by atoms with van der Waals surface area (Å²) in [5.74, 6) is -0.388. The van der Waals surface area contributed by atoms with Gasteiger partial charge in [0.15, 0.2) is 11.5 Å². The fourth-order valence-electron chi connectivity index (χ4n) is 2.59. The number of carbonyl (C=O) groups is 1. The fourth-order valence-corrected chi connectivity index (χ4v) is 2.59. The highest BCUT2D eigenvalue weighted by atomic mass is 16.6. The van der Waals surface area contributed by atoms with E-state index in [9.17, 15) is 25.0 Å². The van der Waals surface area contributed by atoms with Gasteiger partial charge in [0, 0.05) is 24.3 Å². The molecule has 0 bridgehead atoms. The highest BCUT2D eigenvalue weighted by Gasteiger charge is 2.16. The molecule has 3 aromatic carbocycles. The van der Waals surface area contributed by atoms with Crippen LogP contribution in [0.4, 0.5) is 17.1 Å². The van der Waals surface area contributed by atoms with Crippen molar-refractivity contribution in [1.82, 2.24) is 0 Å². The predicted molar refractivity (Wildman–Crippen MR) is 115 cm³/mol. The molecule has 3 rings (SSSR count). The quantitative estimate of drug-likeness (QED) is 0.182.